The SMILES string of the molecule is COC(=O)C[C@@H]1CCCCN1CC(=O)Nc1ccc(OC)cc1. The van der Waals surface area contributed by atoms with Gasteiger partial charge in [0.2, 0.25) is 5.91 Å². The molecule has 0 spiro atoms. The van der Waals surface area contributed by atoms with Gasteiger partial charge >= 0.3 is 5.97 Å². The van der Waals surface area contributed by atoms with E-state index in [0.717, 1.165) is 37.2 Å². The van der Waals surface area contributed by atoms with Crippen LogP contribution in [0.15, 0.2) is 24.3 Å². The monoisotopic (exact) mass is 320 g/mol. The standard InChI is InChI=1S/C17H24N2O4/c1-22-15-8-6-13(7-9-15)18-16(20)12-19-10-4-3-5-14(19)11-17(21)23-2/h6-9,14H,3-5,10-12H2,1-2H3,(H,18,20)/t14-/m0/s1. The fraction of sp³-hybridized carbons (Fsp3) is 0.529. The predicted molar refractivity (Wildman–Crippen MR) is 87.5 cm³/mol. The maximum Gasteiger partial charge on any atom is 0.307 e. The van der Waals surface area contributed by atoms with Crippen LogP contribution in [0.2, 0.25) is 0 Å². The minimum atomic E-state index is -0.225. The van der Waals surface area contributed by atoms with E-state index in [1.54, 1.807) is 31.4 Å². The second kappa shape index (κ2) is 8.53. The molecule has 6 nitrogen and oxygen atoms in total. The molecule has 0 radical (unpaired) electrons. The second-order valence-corrected chi connectivity index (χ2v) is 5.68. The van der Waals surface area contributed by atoms with Gasteiger partial charge in [0.05, 0.1) is 27.2 Å². The van der Waals surface area contributed by atoms with E-state index in [0.29, 0.717) is 6.42 Å². The lowest BCUT2D eigenvalue weighted by Gasteiger charge is -2.34. The van der Waals surface area contributed by atoms with Gasteiger partial charge in [-0.25, -0.2) is 0 Å². The molecule has 1 aliphatic rings. The Kier molecular flexibility index (Phi) is 6.40. The Morgan fingerprint density at radius 3 is 2.61 bits per heavy atom. The number of nitrogens with one attached hydrogen (secondary N) is 1. The summed E-state index contributed by atoms with van der Waals surface area (Å²) in [5.74, 6) is 0.446. The van der Waals surface area contributed by atoms with E-state index in [9.17, 15) is 9.59 Å². The number of nitrogens with zero attached hydrogens (tertiary/aromatic N) is 1. The molecular formula is C17H24N2O4. The number of rotatable bonds is 6. The second-order valence-electron chi connectivity index (χ2n) is 5.68. The number of hydrogen-bond donors (Lipinski definition) is 1. The molecule has 1 aromatic rings. The van der Waals surface area contributed by atoms with Crippen LogP contribution >= 0.6 is 0 Å². The predicted octanol–water partition coefficient (Wildman–Crippen LogP) is 2.05. The van der Waals surface area contributed by atoms with Gasteiger partial charge in [0, 0.05) is 11.7 Å². The van der Waals surface area contributed by atoms with Crippen molar-refractivity contribution in [3.05, 3.63) is 24.3 Å². The lowest BCUT2D eigenvalue weighted by Crippen LogP contribution is -2.45. The van der Waals surface area contributed by atoms with Crippen molar-refractivity contribution in [1.29, 1.82) is 0 Å². The van der Waals surface area contributed by atoms with Gasteiger partial charge in [-0.2, -0.15) is 0 Å². The number of amides is 1. The van der Waals surface area contributed by atoms with E-state index in [2.05, 4.69) is 10.2 Å². The van der Waals surface area contributed by atoms with Crippen LogP contribution < -0.4 is 10.1 Å². The van der Waals surface area contributed by atoms with Crippen molar-refractivity contribution in [1.82, 2.24) is 4.90 Å². The number of piperidine rings is 1. The molecule has 0 unspecified atom stereocenters. The zero-order valence-electron chi connectivity index (χ0n) is 13.7. The zero-order valence-corrected chi connectivity index (χ0v) is 13.7. The van der Waals surface area contributed by atoms with Crippen LogP contribution in [0.1, 0.15) is 25.7 Å². The van der Waals surface area contributed by atoms with Crippen molar-refractivity contribution in [2.24, 2.45) is 0 Å². The first-order valence-electron chi connectivity index (χ1n) is 7.87. The van der Waals surface area contributed by atoms with Crippen LogP contribution in [-0.4, -0.2) is 50.1 Å². The minimum absolute atomic E-state index is 0.0769. The number of benzene rings is 1. The van der Waals surface area contributed by atoms with Crippen molar-refractivity contribution in [2.75, 3.05) is 32.6 Å². The highest BCUT2D eigenvalue weighted by Gasteiger charge is 2.26. The highest BCUT2D eigenvalue weighted by atomic mass is 16.5. The molecule has 126 valence electrons. The summed E-state index contributed by atoms with van der Waals surface area (Å²) in [7, 11) is 3.00. The van der Waals surface area contributed by atoms with E-state index in [4.69, 9.17) is 9.47 Å². The van der Waals surface area contributed by atoms with E-state index >= 15 is 0 Å². The van der Waals surface area contributed by atoms with Crippen LogP contribution in [0.3, 0.4) is 0 Å². The van der Waals surface area contributed by atoms with Crippen LogP contribution in [0.5, 0.6) is 5.75 Å². The molecule has 1 N–H and O–H groups in total. The van der Waals surface area contributed by atoms with E-state index < -0.39 is 0 Å². The average Bonchev–Trinajstić information content (AvgIpc) is 2.57. The van der Waals surface area contributed by atoms with Gasteiger partial charge in [-0.15, -0.1) is 0 Å². The van der Waals surface area contributed by atoms with Crippen molar-refractivity contribution in [2.45, 2.75) is 31.7 Å². The van der Waals surface area contributed by atoms with Crippen molar-refractivity contribution < 1.29 is 19.1 Å². The Morgan fingerprint density at radius 2 is 1.96 bits per heavy atom. The molecule has 2 rings (SSSR count). The van der Waals surface area contributed by atoms with Crippen LogP contribution in [-0.2, 0) is 14.3 Å². The number of ether oxygens (including phenoxy) is 2. The first-order valence-corrected chi connectivity index (χ1v) is 7.87. The average molecular weight is 320 g/mol. The third kappa shape index (κ3) is 5.25. The van der Waals surface area contributed by atoms with Gasteiger partial charge in [0.1, 0.15) is 5.75 Å². The number of anilines is 1. The van der Waals surface area contributed by atoms with Gasteiger partial charge < -0.3 is 14.8 Å². The lowest BCUT2D eigenvalue weighted by molar-refractivity contribution is -0.142. The highest BCUT2D eigenvalue weighted by molar-refractivity contribution is 5.92. The topological polar surface area (TPSA) is 67.9 Å². The van der Waals surface area contributed by atoms with Gasteiger partial charge in [0.15, 0.2) is 0 Å². The van der Waals surface area contributed by atoms with Crippen molar-refractivity contribution in [3.8, 4) is 5.75 Å². The third-order valence-corrected chi connectivity index (χ3v) is 4.10. The van der Waals surface area contributed by atoms with Crippen molar-refractivity contribution >= 4 is 17.6 Å². The van der Waals surface area contributed by atoms with Crippen LogP contribution in [0.4, 0.5) is 5.69 Å². The number of carbonyl (C=O) groups excluding carboxylic acids is 2. The van der Waals surface area contributed by atoms with E-state index in [1.165, 1.54) is 7.11 Å². The number of carbonyl (C=O) groups is 2. The lowest BCUT2D eigenvalue weighted by atomic mass is 9.99. The number of hydrogen-bond acceptors (Lipinski definition) is 5. The molecule has 1 fully saturated rings. The molecule has 1 atom stereocenters. The summed E-state index contributed by atoms with van der Waals surface area (Å²) in [6.45, 7) is 1.12. The molecule has 0 saturated carbocycles. The molecule has 1 saturated heterocycles. The molecule has 1 amide bonds. The molecule has 0 aliphatic carbocycles. The fourth-order valence-electron chi connectivity index (χ4n) is 2.83. The molecule has 23 heavy (non-hydrogen) atoms. The third-order valence-electron chi connectivity index (χ3n) is 4.10. The summed E-state index contributed by atoms with van der Waals surface area (Å²) < 4.78 is 9.84. The normalized spacial score (nSPS) is 18.3. The first-order chi connectivity index (χ1) is 11.1. The largest absolute Gasteiger partial charge is 0.497 e. The summed E-state index contributed by atoms with van der Waals surface area (Å²) in [5, 5.41) is 2.88. The summed E-state index contributed by atoms with van der Waals surface area (Å²) in [6, 6.07) is 7.29. The van der Waals surface area contributed by atoms with Gasteiger partial charge in [-0.3, -0.25) is 14.5 Å². The van der Waals surface area contributed by atoms with Gasteiger partial charge in [-0.05, 0) is 43.7 Å². The highest BCUT2D eigenvalue weighted by Crippen LogP contribution is 2.20. The van der Waals surface area contributed by atoms with E-state index in [-0.39, 0.29) is 24.5 Å². The molecule has 1 heterocycles. The zero-order chi connectivity index (χ0) is 16.7. The smallest absolute Gasteiger partial charge is 0.307 e. The van der Waals surface area contributed by atoms with Crippen LogP contribution in [0, 0.1) is 0 Å². The number of likely N-dealkylation sites (tertiary alicyclic amines) is 1. The quantitative estimate of drug-likeness (QED) is 0.813. The number of esters is 1. The Morgan fingerprint density at radius 1 is 1.22 bits per heavy atom. The molecule has 6 heteroatoms. The summed E-state index contributed by atoms with van der Waals surface area (Å²) in [6.07, 6.45) is 3.39. The Balaban J connectivity index is 1.89. The minimum Gasteiger partial charge on any atom is -0.497 e. The molecule has 0 bridgehead atoms. The molecular weight excluding hydrogens is 296 g/mol. The Bertz CT molecular complexity index is 530. The van der Waals surface area contributed by atoms with Gasteiger partial charge in [0.25, 0.3) is 0 Å². The summed E-state index contributed by atoms with van der Waals surface area (Å²) in [5.41, 5.74) is 0.734. The fourth-order valence-corrected chi connectivity index (χ4v) is 2.83. The number of methoxy groups -OCH3 is 2. The molecule has 0 aromatic heterocycles. The van der Waals surface area contributed by atoms with Crippen LogP contribution in [0.25, 0.3) is 0 Å². The maximum absolute atomic E-state index is 12.2. The summed E-state index contributed by atoms with van der Waals surface area (Å²) >= 11 is 0. The van der Waals surface area contributed by atoms with E-state index in [1.807, 2.05) is 0 Å². The molecule has 1 aliphatic heterocycles. The van der Waals surface area contributed by atoms with Crippen molar-refractivity contribution in [3.63, 3.8) is 0 Å². The Labute approximate surface area is 136 Å². The first kappa shape index (κ1) is 17.3. The molecule has 1 aromatic carbocycles. The maximum atomic E-state index is 12.2. The van der Waals surface area contributed by atoms with Gasteiger partial charge in [-0.1, -0.05) is 6.42 Å². The Hall–Kier alpha value is -2.08. The summed E-state index contributed by atoms with van der Waals surface area (Å²) in [4.78, 5) is 25.8.